The molecule has 0 bridgehead atoms. The van der Waals surface area contributed by atoms with Crippen LogP contribution in [0.3, 0.4) is 0 Å². The van der Waals surface area contributed by atoms with Crippen LogP contribution in [0, 0.1) is 23.6 Å². The molecule has 1 aromatic carbocycles. The van der Waals surface area contributed by atoms with Crippen LogP contribution in [0.15, 0.2) is 12.1 Å². The van der Waals surface area contributed by atoms with Gasteiger partial charge in [0.15, 0.2) is 5.82 Å². The number of hydrogen-bond acceptors (Lipinski definition) is 4. The lowest BCUT2D eigenvalue weighted by Crippen LogP contribution is -2.60. The number of hydrogen-bond donors (Lipinski definition) is 2. The van der Waals surface area contributed by atoms with Gasteiger partial charge in [0, 0.05) is 5.92 Å². The fourth-order valence-corrected chi connectivity index (χ4v) is 5.56. The Kier molecular flexibility index (Phi) is 6.02. The number of nitrogens with two attached hydrogens (primary N) is 1. The maximum absolute atomic E-state index is 15.5. The number of rotatable bonds is 4. The highest BCUT2D eigenvalue weighted by molar-refractivity contribution is 5.82. The number of carbonyl (C=O) groups is 1. The molecule has 1 saturated carbocycles. The first-order chi connectivity index (χ1) is 16.4. The van der Waals surface area contributed by atoms with E-state index in [-0.39, 0.29) is 43.1 Å². The summed E-state index contributed by atoms with van der Waals surface area (Å²) in [7, 11) is 0. The zero-order chi connectivity index (χ0) is 25.1. The number of carbonyl (C=O) groups excluding carboxylic acids is 1. The fraction of sp³-hybridized carbons (Fsp3) is 0.652. The van der Waals surface area contributed by atoms with Crippen molar-refractivity contribution in [2.45, 2.75) is 49.7 Å². The molecule has 12 heteroatoms. The Morgan fingerprint density at radius 2 is 1.86 bits per heavy atom. The number of alkyl halides is 5. The molecule has 2 aromatic rings. The number of nitrogens with one attached hydrogen (secondary N) is 1. The van der Waals surface area contributed by atoms with Crippen LogP contribution in [-0.4, -0.2) is 59.2 Å². The zero-order valence-corrected chi connectivity index (χ0v) is 18.8. The van der Waals surface area contributed by atoms with Crippen molar-refractivity contribution in [3.63, 3.8) is 0 Å². The fourth-order valence-electron chi connectivity index (χ4n) is 5.56. The van der Waals surface area contributed by atoms with Gasteiger partial charge in [0.25, 0.3) is 5.92 Å². The molecule has 1 amide bonds. The monoisotopic (exact) mass is 504 g/mol. The van der Waals surface area contributed by atoms with Gasteiger partial charge in [-0.2, -0.15) is 13.2 Å². The number of ether oxygens (including phenoxy) is 1. The Bertz CT molecular complexity index is 1100. The van der Waals surface area contributed by atoms with E-state index in [9.17, 15) is 26.7 Å². The number of H-pyrrole nitrogens is 1. The molecule has 6 nitrogen and oxygen atoms in total. The van der Waals surface area contributed by atoms with Gasteiger partial charge in [-0.05, 0) is 43.2 Å². The average Bonchev–Trinajstić information content (AvgIpc) is 3.44. The van der Waals surface area contributed by atoms with Crippen LogP contribution in [0.25, 0.3) is 11.0 Å². The number of aromatic nitrogens is 2. The third kappa shape index (κ3) is 4.50. The van der Waals surface area contributed by atoms with E-state index in [1.165, 1.54) is 6.07 Å². The normalized spacial score (nSPS) is 29.9. The molecule has 3 heterocycles. The van der Waals surface area contributed by atoms with Gasteiger partial charge in [0.2, 0.25) is 5.91 Å². The Labute approximate surface area is 197 Å². The van der Waals surface area contributed by atoms with Gasteiger partial charge in [-0.25, -0.2) is 18.2 Å². The molecule has 3 aliphatic rings. The first kappa shape index (κ1) is 24.4. The van der Waals surface area contributed by atoms with Crippen LogP contribution in [-0.2, 0) is 9.53 Å². The average molecular weight is 504 g/mol. The highest BCUT2D eigenvalue weighted by Gasteiger charge is 2.50. The van der Waals surface area contributed by atoms with Crippen LogP contribution in [0.4, 0.5) is 26.3 Å². The lowest BCUT2D eigenvalue weighted by molar-refractivity contribution is -0.184. The molecule has 0 spiro atoms. The number of halogens is 6. The van der Waals surface area contributed by atoms with E-state index in [1.54, 1.807) is 6.07 Å². The van der Waals surface area contributed by atoms with Gasteiger partial charge in [-0.3, -0.25) is 4.79 Å². The summed E-state index contributed by atoms with van der Waals surface area (Å²) in [6, 6.07) is 2.45. The molecular formula is C23H26F6N4O2. The van der Waals surface area contributed by atoms with Gasteiger partial charge in [-0.1, -0.05) is 6.07 Å². The molecule has 2 aliphatic heterocycles. The second kappa shape index (κ2) is 8.65. The van der Waals surface area contributed by atoms with Gasteiger partial charge < -0.3 is 20.4 Å². The van der Waals surface area contributed by atoms with Crippen LogP contribution in [0.5, 0.6) is 0 Å². The highest BCUT2D eigenvalue weighted by atomic mass is 19.4. The summed E-state index contributed by atoms with van der Waals surface area (Å²) >= 11 is 0. The number of likely N-dealkylation sites (tertiary alicyclic amines) is 1. The van der Waals surface area contributed by atoms with Crippen molar-refractivity contribution < 1.29 is 35.9 Å². The quantitative estimate of drug-likeness (QED) is 0.609. The SMILES string of the molecule is N[C@H](c1nc2c(F)c(C3COCC3C(=O)N3CC(F)(F)C3)ccc2[nH]1)C1CCC(C(F)(F)F)CC1. The number of benzene rings is 1. The molecule has 3 N–H and O–H groups in total. The van der Waals surface area contributed by atoms with Crippen molar-refractivity contribution >= 4 is 16.9 Å². The molecular weight excluding hydrogens is 478 g/mol. The molecule has 3 fully saturated rings. The molecule has 1 aliphatic carbocycles. The van der Waals surface area contributed by atoms with Gasteiger partial charge in [0.1, 0.15) is 11.3 Å². The largest absolute Gasteiger partial charge is 0.391 e. The summed E-state index contributed by atoms with van der Waals surface area (Å²) in [6.45, 7) is -1.22. The van der Waals surface area contributed by atoms with Crippen LogP contribution in [0.1, 0.15) is 49.0 Å². The molecule has 1 aromatic heterocycles. The zero-order valence-electron chi connectivity index (χ0n) is 18.8. The third-order valence-corrected chi connectivity index (χ3v) is 7.65. The number of nitrogens with zero attached hydrogens (tertiary/aromatic N) is 2. The number of aromatic amines is 1. The van der Waals surface area contributed by atoms with Crippen LogP contribution >= 0.6 is 0 Å². The molecule has 192 valence electrons. The maximum Gasteiger partial charge on any atom is 0.391 e. The van der Waals surface area contributed by atoms with Crippen LogP contribution < -0.4 is 5.73 Å². The summed E-state index contributed by atoms with van der Waals surface area (Å²) < 4.78 is 86.3. The van der Waals surface area contributed by atoms with Gasteiger partial charge in [-0.15, -0.1) is 0 Å². The number of fused-ring (bicyclic) bond motifs is 1. The van der Waals surface area contributed by atoms with E-state index in [1.807, 2.05) is 0 Å². The van der Waals surface area contributed by atoms with Crippen molar-refractivity contribution in [3.05, 3.63) is 29.3 Å². The Balaban J connectivity index is 1.33. The molecule has 0 radical (unpaired) electrons. The van der Waals surface area contributed by atoms with Gasteiger partial charge >= 0.3 is 6.18 Å². The molecule has 35 heavy (non-hydrogen) atoms. The van der Waals surface area contributed by atoms with E-state index in [0.717, 1.165) is 4.90 Å². The van der Waals surface area contributed by atoms with E-state index >= 15 is 4.39 Å². The first-order valence-corrected chi connectivity index (χ1v) is 11.7. The van der Waals surface area contributed by atoms with E-state index in [2.05, 4.69) is 9.97 Å². The lowest BCUT2D eigenvalue weighted by Gasteiger charge is -2.40. The molecule has 2 saturated heterocycles. The predicted octanol–water partition coefficient (Wildman–Crippen LogP) is 4.28. The predicted molar refractivity (Wildman–Crippen MR) is 113 cm³/mol. The highest BCUT2D eigenvalue weighted by Crippen LogP contribution is 2.43. The Morgan fingerprint density at radius 3 is 2.49 bits per heavy atom. The van der Waals surface area contributed by atoms with Crippen molar-refractivity contribution in [1.82, 2.24) is 14.9 Å². The van der Waals surface area contributed by atoms with E-state index < -0.39 is 60.7 Å². The minimum absolute atomic E-state index is 0.000646. The van der Waals surface area contributed by atoms with Crippen LogP contribution in [0.2, 0.25) is 0 Å². The minimum Gasteiger partial charge on any atom is -0.380 e. The Hall–Kier alpha value is -2.34. The lowest BCUT2D eigenvalue weighted by atomic mass is 9.78. The maximum atomic E-state index is 15.5. The summed E-state index contributed by atoms with van der Waals surface area (Å²) in [5, 5.41) is 0. The Morgan fingerprint density at radius 1 is 1.17 bits per heavy atom. The summed E-state index contributed by atoms with van der Waals surface area (Å²) in [5.74, 6) is -6.70. The smallest absolute Gasteiger partial charge is 0.380 e. The molecule has 3 atom stereocenters. The second-order valence-electron chi connectivity index (χ2n) is 9.97. The third-order valence-electron chi connectivity index (χ3n) is 7.65. The summed E-state index contributed by atoms with van der Waals surface area (Å²) in [5.41, 5.74) is 6.91. The molecule has 2 unspecified atom stereocenters. The number of imidazole rings is 1. The minimum atomic E-state index is -4.21. The van der Waals surface area contributed by atoms with E-state index in [4.69, 9.17) is 10.5 Å². The number of amides is 1. The molecule has 5 rings (SSSR count). The standard InChI is InChI=1S/C23H26F6N4O2/c24-17-13(14-7-35-8-15(14)21(34)33-9-22(25,26)10-33)5-6-16-19(17)32-20(31-16)18(30)11-1-3-12(4-2-11)23(27,28)29/h5-6,11-12,14-15,18H,1-4,7-10,30H2,(H,31,32)/t11?,12?,14?,15?,18-/m0/s1. The van der Waals surface area contributed by atoms with Gasteiger partial charge in [0.05, 0.1) is 49.7 Å². The second-order valence-corrected chi connectivity index (χ2v) is 9.97. The topological polar surface area (TPSA) is 84.2 Å². The first-order valence-electron chi connectivity index (χ1n) is 11.7. The van der Waals surface area contributed by atoms with Crippen molar-refractivity contribution in [2.24, 2.45) is 23.5 Å². The van der Waals surface area contributed by atoms with Crippen molar-refractivity contribution in [1.29, 1.82) is 0 Å². The summed E-state index contributed by atoms with van der Waals surface area (Å²) in [6.07, 6.45) is -3.61. The summed E-state index contributed by atoms with van der Waals surface area (Å²) in [4.78, 5) is 21.1. The van der Waals surface area contributed by atoms with Crippen molar-refractivity contribution in [3.8, 4) is 0 Å². The van der Waals surface area contributed by atoms with E-state index in [0.29, 0.717) is 24.2 Å². The van der Waals surface area contributed by atoms with Crippen molar-refractivity contribution in [2.75, 3.05) is 26.3 Å².